The first kappa shape index (κ1) is 15.4. The first-order valence-corrected chi connectivity index (χ1v) is 7.45. The van der Waals surface area contributed by atoms with E-state index in [2.05, 4.69) is 10.4 Å². The third-order valence-electron chi connectivity index (χ3n) is 3.58. The number of benzene rings is 2. The molecule has 0 bridgehead atoms. The van der Waals surface area contributed by atoms with Crippen LogP contribution in [0.25, 0.3) is 5.69 Å². The van der Waals surface area contributed by atoms with Crippen LogP contribution in [0.3, 0.4) is 0 Å². The minimum absolute atomic E-state index is 0.303. The molecule has 118 valence electrons. The van der Waals surface area contributed by atoms with E-state index in [1.165, 1.54) is 12.1 Å². The van der Waals surface area contributed by atoms with Crippen LogP contribution >= 0.6 is 0 Å². The van der Waals surface area contributed by atoms with Gasteiger partial charge in [-0.15, -0.1) is 0 Å². The van der Waals surface area contributed by atoms with Crippen molar-refractivity contribution in [2.45, 2.75) is 12.6 Å². The van der Waals surface area contributed by atoms with Crippen LogP contribution in [-0.2, 0) is 6.54 Å². The Hall–Kier alpha value is -2.50. The summed E-state index contributed by atoms with van der Waals surface area (Å²) in [7, 11) is 0. The Labute approximate surface area is 134 Å². The number of aliphatic hydroxyl groups excluding tert-OH is 1. The molecular weight excluding hydrogens is 293 g/mol. The molecule has 1 atom stereocenters. The molecule has 5 heteroatoms. The summed E-state index contributed by atoms with van der Waals surface area (Å²) in [5, 5.41) is 17.6. The van der Waals surface area contributed by atoms with E-state index in [0.717, 1.165) is 11.3 Å². The van der Waals surface area contributed by atoms with Crippen LogP contribution in [0.5, 0.6) is 0 Å². The van der Waals surface area contributed by atoms with Crippen molar-refractivity contribution in [3.63, 3.8) is 0 Å². The van der Waals surface area contributed by atoms with Gasteiger partial charge in [0.1, 0.15) is 5.82 Å². The van der Waals surface area contributed by atoms with E-state index in [4.69, 9.17) is 0 Å². The zero-order valence-electron chi connectivity index (χ0n) is 12.6. The Morgan fingerprint density at radius 1 is 1.09 bits per heavy atom. The number of halogens is 1. The van der Waals surface area contributed by atoms with Crippen LogP contribution in [0, 0.1) is 5.82 Å². The van der Waals surface area contributed by atoms with E-state index in [1.807, 2.05) is 41.2 Å². The van der Waals surface area contributed by atoms with Gasteiger partial charge < -0.3 is 10.4 Å². The molecule has 1 heterocycles. The van der Waals surface area contributed by atoms with E-state index in [9.17, 15) is 9.50 Å². The first-order valence-electron chi connectivity index (χ1n) is 7.45. The van der Waals surface area contributed by atoms with Crippen molar-refractivity contribution in [1.82, 2.24) is 15.1 Å². The first-order chi connectivity index (χ1) is 11.2. The van der Waals surface area contributed by atoms with Crippen LogP contribution < -0.4 is 5.32 Å². The molecule has 2 aromatic carbocycles. The van der Waals surface area contributed by atoms with Crippen molar-refractivity contribution in [2.75, 3.05) is 6.54 Å². The van der Waals surface area contributed by atoms with Gasteiger partial charge in [0.15, 0.2) is 0 Å². The smallest absolute Gasteiger partial charge is 0.123 e. The fraction of sp³-hybridized carbons (Fsp3) is 0.167. The lowest BCUT2D eigenvalue weighted by Crippen LogP contribution is -2.20. The highest BCUT2D eigenvalue weighted by atomic mass is 19.1. The molecule has 0 amide bonds. The summed E-state index contributed by atoms with van der Waals surface area (Å²) in [5.41, 5.74) is 2.73. The Morgan fingerprint density at radius 3 is 2.57 bits per heavy atom. The third kappa shape index (κ3) is 4.03. The molecule has 0 aliphatic heterocycles. The minimum Gasteiger partial charge on any atom is -0.387 e. The van der Waals surface area contributed by atoms with Gasteiger partial charge in [-0.25, -0.2) is 9.07 Å². The van der Waals surface area contributed by atoms with Crippen molar-refractivity contribution in [1.29, 1.82) is 0 Å². The van der Waals surface area contributed by atoms with Crippen LogP contribution in [0.1, 0.15) is 17.2 Å². The molecule has 0 fully saturated rings. The van der Waals surface area contributed by atoms with Crippen molar-refractivity contribution in [2.24, 2.45) is 0 Å². The maximum Gasteiger partial charge on any atom is 0.123 e. The van der Waals surface area contributed by atoms with Gasteiger partial charge in [0, 0.05) is 24.8 Å². The quantitative estimate of drug-likeness (QED) is 0.736. The summed E-state index contributed by atoms with van der Waals surface area (Å²) >= 11 is 0. The molecule has 1 aromatic heterocycles. The van der Waals surface area contributed by atoms with Gasteiger partial charge in [0.2, 0.25) is 0 Å². The Morgan fingerprint density at radius 2 is 1.83 bits per heavy atom. The summed E-state index contributed by atoms with van der Waals surface area (Å²) in [4.78, 5) is 0. The van der Waals surface area contributed by atoms with Gasteiger partial charge in [0.05, 0.1) is 18.0 Å². The summed E-state index contributed by atoms with van der Waals surface area (Å²) in [5.74, 6) is -0.303. The maximum atomic E-state index is 12.9. The van der Waals surface area contributed by atoms with Crippen LogP contribution in [0.2, 0.25) is 0 Å². The van der Waals surface area contributed by atoms with Crippen LogP contribution in [-0.4, -0.2) is 21.4 Å². The summed E-state index contributed by atoms with van der Waals surface area (Å²) in [6.07, 6.45) is 3.08. The van der Waals surface area contributed by atoms with Crippen molar-refractivity contribution in [3.8, 4) is 5.69 Å². The topological polar surface area (TPSA) is 50.1 Å². The third-order valence-corrected chi connectivity index (χ3v) is 3.58. The predicted octanol–water partition coefficient (Wildman–Crippen LogP) is 2.83. The largest absolute Gasteiger partial charge is 0.387 e. The second-order valence-electron chi connectivity index (χ2n) is 5.33. The highest BCUT2D eigenvalue weighted by Gasteiger charge is 2.07. The monoisotopic (exact) mass is 311 g/mol. The highest BCUT2D eigenvalue weighted by molar-refractivity contribution is 5.30. The SMILES string of the molecule is OC(CNCc1cnn(-c2ccccc2)c1)c1ccc(F)cc1. The normalized spacial score (nSPS) is 12.3. The molecule has 4 nitrogen and oxygen atoms in total. The minimum atomic E-state index is -0.667. The number of hydrogen-bond acceptors (Lipinski definition) is 3. The molecule has 0 radical (unpaired) electrons. The molecule has 0 saturated heterocycles. The van der Waals surface area contributed by atoms with E-state index in [0.29, 0.717) is 18.7 Å². The zero-order chi connectivity index (χ0) is 16.1. The van der Waals surface area contributed by atoms with Gasteiger partial charge >= 0.3 is 0 Å². The lowest BCUT2D eigenvalue weighted by atomic mass is 10.1. The summed E-state index contributed by atoms with van der Waals surface area (Å²) < 4.78 is 14.7. The number of nitrogens with one attached hydrogen (secondary N) is 1. The van der Waals surface area contributed by atoms with E-state index < -0.39 is 6.10 Å². The van der Waals surface area contributed by atoms with Gasteiger partial charge in [-0.05, 0) is 29.8 Å². The fourth-order valence-corrected chi connectivity index (χ4v) is 2.33. The lowest BCUT2D eigenvalue weighted by molar-refractivity contribution is 0.174. The number of para-hydroxylation sites is 1. The van der Waals surface area contributed by atoms with Crippen molar-refractivity contribution in [3.05, 3.63) is 83.9 Å². The molecule has 0 aliphatic carbocycles. The molecule has 0 saturated carbocycles. The Bertz CT molecular complexity index is 740. The fourth-order valence-electron chi connectivity index (χ4n) is 2.33. The molecule has 1 unspecified atom stereocenters. The summed E-state index contributed by atoms with van der Waals surface area (Å²) in [6, 6.07) is 15.8. The van der Waals surface area contributed by atoms with Crippen LogP contribution in [0.4, 0.5) is 4.39 Å². The van der Waals surface area contributed by atoms with Crippen molar-refractivity contribution >= 4 is 0 Å². The zero-order valence-corrected chi connectivity index (χ0v) is 12.6. The molecule has 23 heavy (non-hydrogen) atoms. The van der Waals surface area contributed by atoms with Gasteiger partial charge in [-0.1, -0.05) is 30.3 Å². The second-order valence-corrected chi connectivity index (χ2v) is 5.33. The number of aromatic nitrogens is 2. The standard InChI is InChI=1S/C18H18FN3O/c19-16-8-6-15(7-9-16)18(23)12-20-10-14-11-21-22(13-14)17-4-2-1-3-5-17/h1-9,11,13,18,20,23H,10,12H2. The average molecular weight is 311 g/mol. The molecule has 2 N–H and O–H groups in total. The predicted molar refractivity (Wildman–Crippen MR) is 86.6 cm³/mol. The maximum absolute atomic E-state index is 12.9. The van der Waals surface area contributed by atoms with Gasteiger partial charge in [0.25, 0.3) is 0 Å². The second kappa shape index (κ2) is 7.17. The number of nitrogens with zero attached hydrogens (tertiary/aromatic N) is 2. The van der Waals surface area contributed by atoms with Gasteiger partial charge in [-0.2, -0.15) is 5.10 Å². The molecule has 0 spiro atoms. The highest BCUT2D eigenvalue weighted by Crippen LogP contribution is 2.13. The number of aliphatic hydroxyl groups is 1. The summed E-state index contributed by atoms with van der Waals surface area (Å²) in [6.45, 7) is 0.993. The van der Waals surface area contributed by atoms with Gasteiger partial charge in [-0.3, -0.25) is 0 Å². The molecule has 3 aromatic rings. The van der Waals surface area contributed by atoms with E-state index in [1.54, 1.807) is 18.3 Å². The molecular formula is C18H18FN3O. The molecule has 0 aliphatic rings. The van der Waals surface area contributed by atoms with Crippen LogP contribution in [0.15, 0.2) is 67.0 Å². The van der Waals surface area contributed by atoms with E-state index >= 15 is 0 Å². The average Bonchev–Trinajstić information content (AvgIpc) is 3.05. The molecule has 3 rings (SSSR count). The van der Waals surface area contributed by atoms with Crippen molar-refractivity contribution < 1.29 is 9.50 Å². The Kier molecular flexibility index (Phi) is 4.80. The Balaban J connectivity index is 1.53. The lowest BCUT2D eigenvalue weighted by Gasteiger charge is -2.11. The number of hydrogen-bond donors (Lipinski definition) is 2. The van der Waals surface area contributed by atoms with E-state index in [-0.39, 0.29) is 5.82 Å². The number of rotatable bonds is 6.